The molecule has 5 heteroatoms. The standard InChI is InChI=1S/C7H7BrCl2N2/c8-5-3-6(10)7(12-4-5)11-2-1-9/h3-4H,1-2H2,(H,11,12). The van der Waals surface area contributed by atoms with E-state index < -0.39 is 0 Å². The van der Waals surface area contributed by atoms with Gasteiger partial charge >= 0.3 is 0 Å². The molecule has 12 heavy (non-hydrogen) atoms. The van der Waals surface area contributed by atoms with E-state index in [1.165, 1.54) is 0 Å². The Morgan fingerprint density at radius 1 is 1.58 bits per heavy atom. The minimum Gasteiger partial charge on any atom is -0.368 e. The number of nitrogens with zero attached hydrogens (tertiary/aromatic N) is 1. The SMILES string of the molecule is ClCCNc1ncc(Br)cc1Cl. The van der Waals surface area contributed by atoms with Crippen molar-refractivity contribution in [1.29, 1.82) is 0 Å². The largest absolute Gasteiger partial charge is 0.368 e. The van der Waals surface area contributed by atoms with Crippen molar-refractivity contribution in [1.82, 2.24) is 4.98 Å². The molecule has 0 aromatic carbocycles. The van der Waals surface area contributed by atoms with Crippen LogP contribution in [0.4, 0.5) is 5.82 Å². The van der Waals surface area contributed by atoms with Gasteiger partial charge in [-0.1, -0.05) is 11.6 Å². The van der Waals surface area contributed by atoms with E-state index in [0.717, 1.165) is 4.47 Å². The maximum atomic E-state index is 5.87. The second-order valence-corrected chi connectivity index (χ2v) is 3.80. The molecule has 1 aromatic rings. The Labute approximate surface area is 89.4 Å². The number of nitrogens with one attached hydrogen (secondary N) is 1. The number of rotatable bonds is 3. The van der Waals surface area contributed by atoms with E-state index >= 15 is 0 Å². The maximum absolute atomic E-state index is 5.87. The van der Waals surface area contributed by atoms with E-state index in [1.54, 1.807) is 12.3 Å². The number of hydrogen-bond donors (Lipinski definition) is 1. The molecular formula is C7H7BrCl2N2. The van der Waals surface area contributed by atoms with Gasteiger partial charge in [0.2, 0.25) is 0 Å². The Hall–Kier alpha value is 0.01000. The lowest BCUT2D eigenvalue weighted by Crippen LogP contribution is -2.04. The van der Waals surface area contributed by atoms with Crippen LogP contribution in [0.3, 0.4) is 0 Å². The molecule has 1 aromatic heterocycles. The quantitative estimate of drug-likeness (QED) is 0.853. The first-order valence-electron chi connectivity index (χ1n) is 3.35. The first-order valence-corrected chi connectivity index (χ1v) is 5.05. The van der Waals surface area contributed by atoms with Crippen LogP contribution in [0.1, 0.15) is 0 Å². The smallest absolute Gasteiger partial charge is 0.144 e. The molecule has 0 aliphatic rings. The molecule has 0 saturated carbocycles. The minimum atomic E-state index is 0.536. The number of halogens is 3. The zero-order chi connectivity index (χ0) is 8.97. The Balaban J connectivity index is 2.72. The highest BCUT2D eigenvalue weighted by Gasteiger charge is 2.00. The van der Waals surface area contributed by atoms with Crippen LogP contribution in [-0.4, -0.2) is 17.4 Å². The van der Waals surface area contributed by atoms with E-state index in [0.29, 0.717) is 23.3 Å². The van der Waals surface area contributed by atoms with Crippen molar-refractivity contribution in [2.75, 3.05) is 17.7 Å². The van der Waals surface area contributed by atoms with Gasteiger partial charge in [-0.15, -0.1) is 11.6 Å². The van der Waals surface area contributed by atoms with Crippen LogP contribution in [0, 0.1) is 0 Å². The summed E-state index contributed by atoms with van der Waals surface area (Å²) in [6, 6.07) is 1.78. The molecule has 0 bridgehead atoms. The Kier molecular flexibility index (Phi) is 4.12. The van der Waals surface area contributed by atoms with Gasteiger partial charge in [0.05, 0.1) is 5.02 Å². The molecule has 0 amide bonds. The van der Waals surface area contributed by atoms with Gasteiger partial charge in [-0.05, 0) is 22.0 Å². The van der Waals surface area contributed by atoms with Crippen LogP contribution in [0.5, 0.6) is 0 Å². The number of aromatic nitrogens is 1. The summed E-state index contributed by atoms with van der Waals surface area (Å²) in [6.07, 6.45) is 1.68. The molecule has 0 unspecified atom stereocenters. The van der Waals surface area contributed by atoms with E-state index in [9.17, 15) is 0 Å². The van der Waals surface area contributed by atoms with E-state index in [-0.39, 0.29) is 0 Å². The molecule has 1 N–H and O–H groups in total. The molecule has 1 rings (SSSR count). The molecule has 0 radical (unpaired) electrons. The highest BCUT2D eigenvalue weighted by Crippen LogP contribution is 2.22. The Bertz CT molecular complexity index is 268. The predicted octanol–water partition coefficient (Wildman–Crippen LogP) is 3.15. The highest BCUT2D eigenvalue weighted by molar-refractivity contribution is 9.10. The zero-order valence-electron chi connectivity index (χ0n) is 6.15. The monoisotopic (exact) mass is 268 g/mol. The van der Waals surface area contributed by atoms with E-state index in [1.807, 2.05) is 0 Å². The van der Waals surface area contributed by atoms with Crippen molar-refractivity contribution in [2.24, 2.45) is 0 Å². The van der Waals surface area contributed by atoms with Crippen LogP contribution in [0.25, 0.3) is 0 Å². The maximum Gasteiger partial charge on any atom is 0.144 e. The Morgan fingerprint density at radius 3 is 2.92 bits per heavy atom. The third-order valence-corrected chi connectivity index (χ3v) is 2.11. The zero-order valence-corrected chi connectivity index (χ0v) is 9.25. The molecule has 0 aliphatic heterocycles. The fourth-order valence-electron chi connectivity index (χ4n) is 0.710. The lowest BCUT2D eigenvalue weighted by Gasteiger charge is -2.04. The minimum absolute atomic E-state index is 0.536. The molecule has 0 spiro atoms. The molecule has 66 valence electrons. The normalized spacial score (nSPS) is 9.92. The van der Waals surface area contributed by atoms with Crippen molar-refractivity contribution >= 4 is 44.9 Å². The average Bonchev–Trinajstić information content (AvgIpc) is 2.03. The highest BCUT2D eigenvalue weighted by atomic mass is 79.9. The van der Waals surface area contributed by atoms with Crippen molar-refractivity contribution in [2.45, 2.75) is 0 Å². The van der Waals surface area contributed by atoms with Gasteiger partial charge in [0, 0.05) is 23.1 Å². The topological polar surface area (TPSA) is 24.9 Å². The first-order chi connectivity index (χ1) is 5.74. The molecule has 0 saturated heterocycles. The molecule has 1 heterocycles. The molecular weight excluding hydrogens is 263 g/mol. The lowest BCUT2D eigenvalue weighted by atomic mass is 10.4. The van der Waals surface area contributed by atoms with Gasteiger partial charge in [0.25, 0.3) is 0 Å². The van der Waals surface area contributed by atoms with Gasteiger partial charge in [-0.25, -0.2) is 4.98 Å². The number of hydrogen-bond acceptors (Lipinski definition) is 2. The lowest BCUT2D eigenvalue weighted by molar-refractivity contribution is 1.16. The van der Waals surface area contributed by atoms with Crippen LogP contribution >= 0.6 is 39.1 Å². The van der Waals surface area contributed by atoms with Gasteiger partial charge in [-0.2, -0.15) is 0 Å². The first kappa shape index (κ1) is 10.1. The van der Waals surface area contributed by atoms with Crippen molar-refractivity contribution < 1.29 is 0 Å². The van der Waals surface area contributed by atoms with E-state index in [4.69, 9.17) is 23.2 Å². The Morgan fingerprint density at radius 2 is 2.33 bits per heavy atom. The van der Waals surface area contributed by atoms with Crippen LogP contribution < -0.4 is 5.32 Å². The number of pyridine rings is 1. The molecule has 0 aliphatic carbocycles. The molecule has 2 nitrogen and oxygen atoms in total. The molecule has 0 fully saturated rings. The summed E-state index contributed by atoms with van der Waals surface area (Å²) in [4.78, 5) is 4.07. The molecule has 0 atom stereocenters. The van der Waals surface area contributed by atoms with Crippen molar-refractivity contribution in [3.63, 3.8) is 0 Å². The van der Waals surface area contributed by atoms with Gasteiger partial charge in [-0.3, -0.25) is 0 Å². The van der Waals surface area contributed by atoms with Crippen LogP contribution in [-0.2, 0) is 0 Å². The summed E-state index contributed by atoms with van der Waals surface area (Å²) >= 11 is 14.6. The third-order valence-electron chi connectivity index (χ3n) is 1.19. The van der Waals surface area contributed by atoms with Crippen LogP contribution in [0.2, 0.25) is 5.02 Å². The second-order valence-electron chi connectivity index (χ2n) is 2.10. The van der Waals surface area contributed by atoms with Gasteiger partial charge in [0.15, 0.2) is 0 Å². The summed E-state index contributed by atoms with van der Waals surface area (Å²) in [5.74, 6) is 1.20. The second kappa shape index (κ2) is 4.90. The van der Waals surface area contributed by atoms with Gasteiger partial charge in [0.1, 0.15) is 5.82 Å². The summed E-state index contributed by atoms with van der Waals surface area (Å²) in [7, 11) is 0. The van der Waals surface area contributed by atoms with Crippen LogP contribution in [0.15, 0.2) is 16.7 Å². The number of anilines is 1. The fourth-order valence-corrected chi connectivity index (χ4v) is 1.50. The number of alkyl halides is 1. The van der Waals surface area contributed by atoms with E-state index in [2.05, 4.69) is 26.2 Å². The third kappa shape index (κ3) is 2.81. The predicted molar refractivity (Wildman–Crippen MR) is 56.2 cm³/mol. The van der Waals surface area contributed by atoms with Crippen molar-refractivity contribution in [3.8, 4) is 0 Å². The fraction of sp³-hybridized carbons (Fsp3) is 0.286. The summed E-state index contributed by atoms with van der Waals surface area (Å²) in [5.41, 5.74) is 0. The summed E-state index contributed by atoms with van der Waals surface area (Å²) in [5, 5.41) is 3.59. The summed E-state index contributed by atoms with van der Waals surface area (Å²) < 4.78 is 0.865. The van der Waals surface area contributed by atoms with Crippen molar-refractivity contribution in [3.05, 3.63) is 21.8 Å². The average molecular weight is 270 g/mol. The summed E-state index contributed by atoms with van der Waals surface area (Å²) in [6.45, 7) is 0.663. The van der Waals surface area contributed by atoms with Gasteiger partial charge < -0.3 is 5.32 Å².